The Morgan fingerprint density at radius 1 is 1.13 bits per heavy atom. The number of aliphatic hydroxyl groups is 4. The molecule has 2 rings (SSSR count). The first-order valence-corrected chi connectivity index (χ1v) is 6.90. The molecule has 0 unspecified atom stereocenters. The maximum absolute atomic E-state index is 10.4. The zero-order valence-corrected chi connectivity index (χ0v) is 12.0. The van der Waals surface area contributed by atoms with Crippen molar-refractivity contribution in [3.8, 4) is 5.75 Å². The molecule has 0 bridgehead atoms. The van der Waals surface area contributed by atoms with Crippen molar-refractivity contribution in [3.63, 3.8) is 0 Å². The van der Waals surface area contributed by atoms with Gasteiger partial charge >= 0.3 is 5.97 Å². The average molecular weight is 326 g/mol. The van der Waals surface area contributed by atoms with Crippen molar-refractivity contribution in [2.45, 2.75) is 30.7 Å². The molecule has 5 N–H and O–H groups in total. The van der Waals surface area contributed by atoms with Crippen LogP contribution < -0.4 is 4.74 Å². The molecule has 0 radical (unpaired) electrons. The van der Waals surface area contributed by atoms with Crippen LogP contribution >= 0.6 is 0 Å². The number of carboxylic acid groups (broad SMARTS) is 1. The molecule has 1 aromatic carbocycles. The van der Waals surface area contributed by atoms with E-state index in [0.29, 0.717) is 11.3 Å². The van der Waals surface area contributed by atoms with Gasteiger partial charge in [0.25, 0.3) is 0 Å². The molecule has 23 heavy (non-hydrogen) atoms. The van der Waals surface area contributed by atoms with Crippen molar-refractivity contribution in [2.75, 3.05) is 6.61 Å². The van der Waals surface area contributed by atoms with Crippen molar-refractivity contribution >= 4 is 12.0 Å². The minimum atomic E-state index is -1.51. The van der Waals surface area contributed by atoms with Gasteiger partial charge in [0.2, 0.25) is 6.29 Å². The summed E-state index contributed by atoms with van der Waals surface area (Å²) in [6.07, 6.45) is -4.35. The minimum absolute atomic E-state index is 0.307. The van der Waals surface area contributed by atoms with Crippen LogP contribution in [0.1, 0.15) is 5.56 Å². The number of ether oxygens (including phenoxy) is 2. The van der Waals surface area contributed by atoms with Gasteiger partial charge in [0.1, 0.15) is 30.2 Å². The van der Waals surface area contributed by atoms with E-state index in [1.165, 1.54) is 18.2 Å². The third-order valence-corrected chi connectivity index (χ3v) is 3.40. The Labute approximate surface area is 131 Å². The average Bonchev–Trinajstić information content (AvgIpc) is 2.54. The fraction of sp³-hybridized carbons (Fsp3) is 0.400. The lowest BCUT2D eigenvalue weighted by atomic mass is 9.99. The van der Waals surface area contributed by atoms with Gasteiger partial charge < -0.3 is 35.0 Å². The third kappa shape index (κ3) is 4.27. The van der Waals surface area contributed by atoms with Gasteiger partial charge in [0.15, 0.2) is 0 Å². The maximum atomic E-state index is 10.4. The molecule has 0 saturated carbocycles. The molecule has 1 aromatic rings. The van der Waals surface area contributed by atoms with E-state index in [1.54, 1.807) is 12.1 Å². The van der Waals surface area contributed by atoms with Crippen LogP contribution in [0.15, 0.2) is 30.3 Å². The van der Waals surface area contributed by atoms with Crippen LogP contribution in [0.4, 0.5) is 0 Å². The molecule has 1 aliphatic rings. The molecular weight excluding hydrogens is 308 g/mol. The summed E-state index contributed by atoms with van der Waals surface area (Å²) >= 11 is 0. The number of aliphatic carboxylic acids is 1. The lowest BCUT2D eigenvalue weighted by Crippen LogP contribution is -2.60. The fourth-order valence-electron chi connectivity index (χ4n) is 2.12. The predicted octanol–water partition coefficient (Wildman–Crippen LogP) is -1.04. The van der Waals surface area contributed by atoms with E-state index in [9.17, 15) is 20.1 Å². The van der Waals surface area contributed by atoms with E-state index in [0.717, 1.165) is 6.08 Å². The number of carbonyl (C=O) groups is 1. The summed E-state index contributed by atoms with van der Waals surface area (Å²) in [7, 11) is 0. The molecule has 0 aliphatic carbocycles. The largest absolute Gasteiger partial charge is 0.478 e. The van der Waals surface area contributed by atoms with Gasteiger partial charge in [-0.2, -0.15) is 0 Å². The standard InChI is InChI=1S/C15H18O8/c16-7-10-12(19)13(20)14(21)15(23-10)22-9-4-1-8(2-5-9)3-6-11(17)18/h1-6,10,12-16,19-21H,7H2,(H,17,18)/b6-3-/t10-,12-,13-,14-,15-/m1/s1. The summed E-state index contributed by atoms with van der Waals surface area (Å²) in [5, 5.41) is 46.9. The van der Waals surface area contributed by atoms with Crippen molar-refractivity contribution in [1.29, 1.82) is 0 Å². The zero-order chi connectivity index (χ0) is 17.0. The number of carboxylic acids is 1. The second-order valence-corrected chi connectivity index (χ2v) is 5.06. The fourth-order valence-corrected chi connectivity index (χ4v) is 2.12. The van der Waals surface area contributed by atoms with Crippen molar-refractivity contribution in [1.82, 2.24) is 0 Å². The lowest BCUT2D eigenvalue weighted by molar-refractivity contribution is -0.277. The Hall–Kier alpha value is -1.97. The normalized spacial score (nSPS) is 31.2. The van der Waals surface area contributed by atoms with E-state index >= 15 is 0 Å². The van der Waals surface area contributed by atoms with Gasteiger partial charge in [0, 0.05) is 6.08 Å². The number of benzene rings is 1. The summed E-state index contributed by atoms with van der Waals surface area (Å²) in [5.41, 5.74) is 0.633. The summed E-state index contributed by atoms with van der Waals surface area (Å²) in [4.78, 5) is 10.4. The quantitative estimate of drug-likeness (QED) is 0.433. The number of rotatable bonds is 5. The van der Waals surface area contributed by atoms with E-state index in [-0.39, 0.29) is 0 Å². The first-order valence-electron chi connectivity index (χ1n) is 6.90. The van der Waals surface area contributed by atoms with E-state index in [2.05, 4.69) is 0 Å². The van der Waals surface area contributed by atoms with E-state index < -0.39 is 43.3 Å². The van der Waals surface area contributed by atoms with Crippen LogP contribution in [-0.4, -0.2) is 68.8 Å². The molecule has 0 amide bonds. The summed E-state index contributed by atoms with van der Waals surface area (Å²) in [6, 6.07) is 6.25. The Morgan fingerprint density at radius 2 is 1.78 bits per heavy atom. The first kappa shape index (κ1) is 17.4. The molecule has 5 atom stereocenters. The van der Waals surface area contributed by atoms with Crippen molar-refractivity contribution in [2.24, 2.45) is 0 Å². The van der Waals surface area contributed by atoms with Gasteiger partial charge in [-0.1, -0.05) is 12.1 Å². The highest BCUT2D eigenvalue weighted by Gasteiger charge is 2.44. The maximum Gasteiger partial charge on any atom is 0.328 e. The Kier molecular flexibility index (Phi) is 5.69. The first-order chi connectivity index (χ1) is 10.9. The molecular formula is C15H18O8. The molecule has 0 spiro atoms. The highest BCUT2D eigenvalue weighted by Crippen LogP contribution is 2.24. The van der Waals surface area contributed by atoms with Gasteiger partial charge in [-0.15, -0.1) is 0 Å². The van der Waals surface area contributed by atoms with Gasteiger partial charge in [-0.05, 0) is 23.8 Å². The monoisotopic (exact) mass is 326 g/mol. The molecule has 1 aliphatic heterocycles. The lowest BCUT2D eigenvalue weighted by Gasteiger charge is -2.39. The highest BCUT2D eigenvalue weighted by molar-refractivity contribution is 5.85. The Morgan fingerprint density at radius 3 is 2.35 bits per heavy atom. The van der Waals surface area contributed by atoms with Crippen LogP contribution in [-0.2, 0) is 9.53 Å². The Bertz CT molecular complexity index is 553. The Balaban J connectivity index is 2.04. The number of hydrogen-bond donors (Lipinski definition) is 5. The predicted molar refractivity (Wildman–Crippen MR) is 77.5 cm³/mol. The summed E-state index contributed by atoms with van der Waals surface area (Å²) < 4.78 is 10.6. The summed E-state index contributed by atoms with van der Waals surface area (Å²) in [6.45, 7) is -0.538. The SMILES string of the molecule is O=C(O)/C=C\c1ccc(O[C@@H]2O[C@H](CO)[C@@H](O)[C@@H](O)[C@H]2O)cc1. The molecule has 1 saturated heterocycles. The minimum Gasteiger partial charge on any atom is -0.478 e. The molecule has 126 valence electrons. The molecule has 8 heteroatoms. The number of aliphatic hydroxyl groups excluding tert-OH is 4. The smallest absolute Gasteiger partial charge is 0.328 e. The van der Waals surface area contributed by atoms with Gasteiger partial charge in [-0.3, -0.25) is 0 Å². The second kappa shape index (κ2) is 7.53. The van der Waals surface area contributed by atoms with Crippen LogP contribution in [0.3, 0.4) is 0 Å². The van der Waals surface area contributed by atoms with E-state index in [1.807, 2.05) is 0 Å². The topological polar surface area (TPSA) is 137 Å². The summed E-state index contributed by atoms with van der Waals surface area (Å²) in [5.74, 6) is -0.756. The van der Waals surface area contributed by atoms with Crippen LogP contribution in [0.25, 0.3) is 6.08 Å². The molecule has 0 aromatic heterocycles. The van der Waals surface area contributed by atoms with Crippen LogP contribution in [0.2, 0.25) is 0 Å². The van der Waals surface area contributed by atoms with Crippen molar-refractivity contribution in [3.05, 3.63) is 35.9 Å². The van der Waals surface area contributed by atoms with Gasteiger partial charge in [-0.25, -0.2) is 4.79 Å². The highest BCUT2D eigenvalue weighted by atomic mass is 16.7. The van der Waals surface area contributed by atoms with Gasteiger partial charge in [0.05, 0.1) is 6.61 Å². The van der Waals surface area contributed by atoms with Crippen LogP contribution in [0, 0.1) is 0 Å². The third-order valence-electron chi connectivity index (χ3n) is 3.40. The number of hydrogen-bond acceptors (Lipinski definition) is 7. The van der Waals surface area contributed by atoms with E-state index in [4.69, 9.17) is 19.7 Å². The van der Waals surface area contributed by atoms with Crippen LogP contribution in [0.5, 0.6) is 5.75 Å². The zero-order valence-electron chi connectivity index (χ0n) is 12.0. The molecule has 1 heterocycles. The molecule has 8 nitrogen and oxygen atoms in total. The molecule has 1 fully saturated rings. The van der Waals surface area contributed by atoms with Crippen molar-refractivity contribution < 1.29 is 39.8 Å². The second-order valence-electron chi connectivity index (χ2n) is 5.06.